The van der Waals surface area contributed by atoms with Crippen LogP contribution in [0.2, 0.25) is 0 Å². The molecule has 0 unspecified atom stereocenters. The first-order chi connectivity index (χ1) is 15.3. The third kappa shape index (κ3) is 3.55. The molecule has 5 nitrogen and oxygen atoms in total. The molecule has 1 aliphatic rings. The van der Waals surface area contributed by atoms with Gasteiger partial charge in [0.05, 0.1) is 18.8 Å². The Morgan fingerprint density at radius 3 is 2.35 bits per heavy atom. The molecule has 1 aliphatic heterocycles. The van der Waals surface area contributed by atoms with Crippen LogP contribution in [0.1, 0.15) is 23.5 Å². The van der Waals surface area contributed by atoms with E-state index in [1.54, 1.807) is 7.11 Å². The highest BCUT2D eigenvalue weighted by atomic mass is 32.1. The Balaban J connectivity index is 1.64. The quantitative estimate of drug-likeness (QED) is 0.452. The first-order valence-corrected chi connectivity index (χ1v) is 10.5. The summed E-state index contributed by atoms with van der Waals surface area (Å²) in [5.74, 6) is 0.832. The van der Waals surface area contributed by atoms with Crippen molar-refractivity contribution < 1.29 is 4.74 Å². The highest BCUT2D eigenvalue weighted by molar-refractivity contribution is 7.80. The average molecular weight is 427 g/mol. The van der Waals surface area contributed by atoms with Crippen LogP contribution in [0.3, 0.4) is 0 Å². The zero-order valence-electron chi connectivity index (χ0n) is 17.1. The molecule has 4 aromatic rings. The Labute approximate surface area is 186 Å². The van der Waals surface area contributed by atoms with Gasteiger partial charge in [-0.2, -0.15) is 0 Å². The summed E-state index contributed by atoms with van der Waals surface area (Å²) in [5.41, 5.74) is 4.19. The lowest BCUT2D eigenvalue weighted by Gasteiger charge is -2.29. The van der Waals surface area contributed by atoms with E-state index in [4.69, 9.17) is 17.0 Å². The van der Waals surface area contributed by atoms with Gasteiger partial charge in [0.25, 0.3) is 0 Å². The average Bonchev–Trinajstić information content (AvgIpc) is 3.44. The van der Waals surface area contributed by atoms with Crippen LogP contribution in [0.5, 0.6) is 5.75 Å². The summed E-state index contributed by atoms with van der Waals surface area (Å²) in [6.45, 7) is 0. The van der Waals surface area contributed by atoms with Crippen molar-refractivity contribution in [2.24, 2.45) is 0 Å². The van der Waals surface area contributed by atoms with Gasteiger partial charge in [0, 0.05) is 29.5 Å². The van der Waals surface area contributed by atoms with Gasteiger partial charge in [0.1, 0.15) is 11.8 Å². The summed E-state index contributed by atoms with van der Waals surface area (Å²) in [4.78, 5) is 6.82. The van der Waals surface area contributed by atoms with Gasteiger partial charge in [-0.25, -0.2) is 0 Å². The zero-order chi connectivity index (χ0) is 21.2. The number of methoxy groups -OCH3 is 1. The Morgan fingerprint density at radius 1 is 0.871 bits per heavy atom. The highest BCUT2D eigenvalue weighted by Crippen LogP contribution is 2.42. The number of hydrogen-bond donors (Lipinski definition) is 1. The molecule has 6 heteroatoms. The smallest absolute Gasteiger partial charge is 0.174 e. The van der Waals surface area contributed by atoms with Gasteiger partial charge in [0.2, 0.25) is 0 Å². The Kier molecular flexibility index (Phi) is 5.14. The SMILES string of the molecule is COc1ccc(-n2cccc2[C@@H]2[C@H](c3ccccn3)NC(=S)N2c2ccccc2)cc1. The number of para-hydroxylation sites is 1. The fourth-order valence-corrected chi connectivity index (χ4v) is 4.48. The minimum absolute atomic E-state index is 0.0677. The van der Waals surface area contributed by atoms with Crippen LogP contribution in [0.4, 0.5) is 5.69 Å². The third-order valence-corrected chi connectivity index (χ3v) is 5.88. The van der Waals surface area contributed by atoms with Gasteiger partial charge in [0.15, 0.2) is 5.11 Å². The van der Waals surface area contributed by atoms with Crippen molar-refractivity contribution in [3.8, 4) is 11.4 Å². The van der Waals surface area contributed by atoms with E-state index in [1.165, 1.54) is 0 Å². The molecule has 0 bridgehead atoms. The topological polar surface area (TPSA) is 42.3 Å². The van der Waals surface area contributed by atoms with E-state index in [0.717, 1.165) is 28.5 Å². The van der Waals surface area contributed by atoms with Gasteiger partial charge in [-0.1, -0.05) is 24.3 Å². The Hall–Kier alpha value is -3.64. The molecular weight excluding hydrogens is 404 g/mol. The molecule has 154 valence electrons. The van der Waals surface area contributed by atoms with Gasteiger partial charge in [-0.05, 0) is 72.9 Å². The lowest BCUT2D eigenvalue weighted by molar-refractivity contribution is 0.414. The standard InChI is InChI=1S/C25H22N4OS/c1-30-20-14-12-18(13-15-20)28-17-7-11-22(28)24-23(21-10-5-6-16-26-21)27-25(31)29(24)19-8-3-2-4-9-19/h2-17,23-24H,1H3,(H,27,31)/t23-,24+/m0/s1. The maximum absolute atomic E-state index is 5.80. The van der Waals surface area contributed by atoms with Crippen LogP contribution in [0.25, 0.3) is 5.69 Å². The predicted octanol–water partition coefficient (Wildman–Crippen LogP) is 5.06. The normalized spacial score (nSPS) is 18.1. The number of nitrogens with one attached hydrogen (secondary N) is 1. The van der Waals surface area contributed by atoms with E-state index in [1.807, 2.05) is 54.7 Å². The molecule has 0 amide bonds. The summed E-state index contributed by atoms with van der Waals surface area (Å²) in [7, 11) is 1.68. The number of thiocarbonyl (C=S) groups is 1. The summed E-state index contributed by atoms with van der Waals surface area (Å²) in [6.07, 6.45) is 3.90. The van der Waals surface area contributed by atoms with E-state index >= 15 is 0 Å². The molecule has 3 heterocycles. The van der Waals surface area contributed by atoms with Gasteiger partial charge in [-0.3, -0.25) is 4.98 Å². The Morgan fingerprint density at radius 2 is 1.65 bits per heavy atom. The summed E-state index contributed by atoms with van der Waals surface area (Å²) >= 11 is 5.80. The lowest BCUT2D eigenvalue weighted by Crippen LogP contribution is -2.30. The van der Waals surface area contributed by atoms with E-state index in [0.29, 0.717) is 5.11 Å². The second-order valence-electron chi connectivity index (χ2n) is 7.33. The first-order valence-electron chi connectivity index (χ1n) is 10.1. The second-order valence-corrected chi connectivity index (χ2v) is 7.72. The van der Waals surface area contributed by atoms with Crippen molar-refractivity contribution in [1.29, 1.82) is 0 Å². The van der Waals surface area contributed by atoms with Gasteiger partial charge >= 0.3 is 0 Å². The molecule has 2 aromatic carbocycles. The van der Waals surface area contributed by atoms with Crippen molar-refractivity contribution in [2.45, 2.75) is 12.1 Å². The first kappa shape index (κ1) is 19.3. The van der Waals surface area contributed by atoms with Crippen molar-refractivity contribution >= 4 is 23.0 Å². The molecule has 1 saturated heterocycles. The molecule has 5 rings (SSSR count). The van der Waals surface area contributed by atoms with Crippen molar-refractivity contribution in [3.63, 3.8) is 0 Å². The molecule has 1 N–H and O–H groups in total. The predicted molar refractivity (Wildman–Crippen MR) is 127 cm³/mol. The van der Waals surface area contributed by atoms with Crippen molar-refractivity contribution in [1.82, 2.24) is 14.9 Å². The molecule has 1 fully saturated rings. The second kappa shape index (κ2) is 8.24. The van der Waals surface area contributed by atoms with Crippen LogP contribution < -0.4 is 15.0 Å². The van der Waals surface area contributed by atoms with E-state index in [-0.39, 0.29) is 12.1 Å². The number of aromatic nitrogens is 2. The number of benzene rings is 2. The van der Waals surface area contributed by atoms with E-state index < -0.39 is 0 Å². The molecule has 0 radical (unpaired) electrons. The Bertz CT molecular complexity index is 1180. The molecule has 0 aliphatic carbocycles. The summed E-state index contributed by atoms with van der Waals surface area (Å²) < 4.78 is 7.53. The number of ether oxygens (including phenoxy) is 1. The molecule has 2 aromatic heterocycles. The van der Waals surface area contributed by atoms with E-state index in [2.05, 4.69) is 62.4 Å². The number of pyridine rings is 1. The highest BCUT2D eigenvalue weighted by Gasteiger charge is 2.42. The largest absolute Gasteiger partial charge is 0.497 e. The van der Waals surface area contributed by atoms with E-state index in [9.17, 15) is 0 Å². The number of rotatable bonds is 5. The number of nitrogens with zero attached hydrogens (tertiary/aromatic N) is 3. The van der Waals surface area contributed by atoms with Crippen LogP contribution in [-0.4, -0.2) is 21.8 Å². The summed E-state index contributed by atoms with van der Waals surface area (Å²) in [5, 5.41) is 4.20. The molecule has 0 spiro atoms. The van der Waals surface area contributed by atoms with Gasteiger partial charge in [-0.15, -0.1) is 0 Å². The maximum Gasteiger partial charge on any atom is 0.174 e. The molecule has 2 atom stereocenters. The van der Waals surface area contributed by atoms with Crippen molar-refractivity contribution in [2.75, 3.05) is 12.0 Å². The number of anilines is 1. The molecular formula is C25H22N4OS. The minimum atomic E-state index is -0.0826. The molecule has 31 heavy (non-hydrogen) atoms. The summed E-state index contributed by atoms with van der Waals surface area (Å²) in [6, 6.07) is 28.4. The van der Waals surface area contributed by atoms with Crippen LogP contribution >= 0.6 is 12.2 Å². The third-order valence-electron chi connectivity index (χ3n) is 5.57. The zero-order valence-corrected chi connectivity index (χ0v) is 17.9. The van der Waals surface area contributed by atoms with Crippen molar-refractivity contribution in [3.05, 3.63) is 109 Å². The molecule has 0 saturated carbocycles. The van der Waals surface area contributed by atoms with Crippen LogP contribution in [0, 0.1) is 0 Å². The monoisotopic (exact) mass is 426 g/mol. The van der Waals surface area contributed by atoms with Crippen LogP contribution in [-0.2, 0) is 0 Å². The fraction of sp³-hybridized carbons (Fsp3) is 0.120. The number of hydrogen-bond acceptors (Lipinski definition) is 3. The minimum Gasteiger partial charge on any atom is -0.497 e. The maximum atomic E-state index is 5.80. The van der Waals surface area contributed by atoms with Crippen LogP contribution in [0.15, 0.2) is 97.3 Å². The fourth-order valence-electron chi connectivity index (χ4n) is 4.14. The lowest BCUT2D eigenvalue weighted by atomic mass is 10.0. The van der Waals surface area contributed by atoms with Gasteiger partial charge < -0.3 is 19.5 Å².